The van der Waals surface area contributed by atoms with Crippen molar-refractivity contribution in [3.63, 3.8) is 0 Å². The lowest BCUT2D eigenvalue weighted by Crippen LogP contribution is -2.51. The van der Waals surface area contributed by atoms with Crippen molar-refractivity contribution in [1.29, 1.82) is 0 Å². The number of likely N-dealkylation sites (tertiary alicyclic amines) is 1. The minimum absolute atomic E-state index is 0.0760. The van der Waals surface area contributed by atoms with Gasteiger partial charge >= 0.3 is 5.97 Å². The lowest BCUT2D eigenvalue weighted by molar-refractivity contribution is -0.158. The molecule has 162 valence electrons. The van der Waals surface area contributed by atoms with Crippen molar-refractivity contribution in [3.8, 4) is 11.3 Å². The van der Waals surface area contributed by atoms with Gasteiger partial charge in [0.05, 0.1) is 16.9 Å². The Morgan fingerprint density at radius 3 is 2.81 bits per heavy atom. The number of benzene rings is 1. The second kappa shape index (κ2) is 9.01. The zero-order valence-electron chi connectivity index (χ0n) is 17.2. The zero-order chi connectivity index (χ0) is 21.8. The Bertz CT molecular complexity index is 1050. The number of piperidine rings is 1. The van der Waals surface area contributed by atoms with E-state index in [9.17, 15) is 14.0 Å². The van der Waals surface area contributed by atoms with Gasteiger partial charge < -0.3 is 14.2 Å². The van der Waals surface area contributed by atoms with Crippen molar-refractivity contribution in [2.24, 2.45) is 5.41 Å². The van der Waals surface area contributed by atoms with Crippen LogP contribution in [0.25, 0.3) is 11.3 Å². The van der Waals surface area contributed by atoms with Gasteiger partial charge in [0.25, 0.3) is 5.91 Å². The molecule has 6 nitrogen and oxygen atoms in total. The molecule has 0 saturated carbocycles. The van der Waals surface area contributed by atoms with Crippen LogP contribution in [0, 0.1) is 11.2 Å². The van der Waals surface area contributed by atoms with E-state index in [1.807, 2.05) is 11.4 Å². The van der Waals surface area contributed by atoms with E-state index in [0.29, 0.717) is 35.7 Å². The minimum Gasteiger partial charge on any atom is -0.466 e. The number of amides is 1. The largest absolute Gasteiger partial charge is 0.466 e. The van der Waals surface area contributed by atoms with Gasteiger partial charge in [-0.2, -0.15) is 0 Å². The number of hydrogen-bond donors (Lipinski definition) is 0. The van der Waals surface area contributed by atoms with E-state index in [1.165, 1.54) is 23.5 Å². The number of aromatic nitrogens is 1. The summed E-state index contributed by atoms with van der Waals surface area (Å²) < 4.78 is 24.1. The zero-order valence-corrected chi connectivity index (χ0v) is 18.0. The van der Waals surface area contributed by atoms with Crippen molar-refractivity contribution in [2.75, 3.05) is 19.7 Å². The summed E-state index contributed by atoms with van der Waals surface area (Å²) in [7, 11) is 0. The number of rotatable bonds is 6. The molecule has 1 aliphatic rings. The molecule has 31 heavy (non-hydrogen) atoms. The van der Waals surface area contributed by atoms with Crippen molar-refractivity contribution in [2.45, 2.75) is 26.2 Å². The van der Waals surface area contributed by atoms with E-state index in [0.717, 1.165) is 5.56 Å². The van der Waals surface area contributed by atoms with Gasteiger partial charge in [-0.05, 0) is 55.5 Å². The molecule has 1 amide bonds. The van der Waals surface area contributed by atoms with Crippen molar-refractivity contribution >= 4 is 23.2 Å². The molecule has 8 heteroatoms. The van der Waals surface area contributed by atoms with Crippen LogP contribution in [0.3, 0.4) is 0 Å². The Morgan fingerprint density at radius 2 is 2.10 bits per heavy atom. The number of ether oxygens (including phenoxy) is 1. The highest BCUT2D eigenvalue weighted by Crippen LogP contribution is 2.37. The van der Waals surface area contributed by atoms with Gasteiger partial charge in [0.2, 0.25) is 0 Å². The molecule has 3 heterocycles. The van der Waals surface area contributed by atoms with Crippen molar-refractivity contribution in [3.05, 3.63) is 64.3 Å². The van der Waals surface area contributed by atoms with Gasteiger partial charge in [-0.1, -0.05) is 11.2 Å². The average molecular weight is 443 g/mol. The van der Waals surface area contributed by atoms with Gasteiger partial charge in [-0.25, -0.2) is 4.39 Å². The fourth-order valence-electron chi connectivity index (χ4n) is 4.01. The molecule has 0 N–H and O–H groups in total. The summed E-state index contributed by atoms with van der Waals surface area (Å²) in [5.74, 6) is -0.212. The Hall–Kier alpha value is -3.00. The number of thiophene rings is 1. The third kappa shape index (κ3) is 4.54. The van der Waals surface area contributed by atoms with E-state index in [4.69, 9.17) is 9.26 Å². The number of carbonyl (C=O) groups is 2. The third-order valence-corrected chi connectivity index (χ3v) is 6.37. The van der Waals surface area contributed by atoms with Crippen LogP contribution in [0.1, 0.15) is 35.2 Å². The fraction of sp³-hybridized carbons (Fsp3) is 0.348. The fourth-order valence-corrected chi connectivity index (χ4v) is 4.71. The summed E-state index contributed by atoms with van der Waals surface area (Å²) in [6.45, 7) is 2.88. The van der Waals surface area contributed by atoms with Gasteiger partial charge in [0, 0.05) is 31.1 Å². The molecular formula is C23H23FN2O4S. The molecule has 3 aromatic rings. The van der Waals surface area contributed by atoms with Crippen LogP contribution in [0.4, 0.5) is 4.39 Å². The molecule has 1 aliphatic heterocycles. The maximum atomic E-state index is 13.2. The van der Waals surface area contributed by atoms with Crippen LogP contribution in [-0.2, 0) is 16.0 Å². The Labute approximate surface area is 183 Å². The van der Waals surface area contributed by atoms with Crippen LogP contribution >= 0.6 is 11.3 Å². The van der Waals surface area contributed by atoms with E-state index in [-0.39, 0.29) is 37.3 Å². The second-order valence-corrected chi connectivity index (χ2v) is 8.62. The standard InChI is InChI=1S/C23H23FN2O4S/c1-2-29-22(28)23(10-4-11-26(15-23)21(27)20-5-3-12-31-20)14-18-13-19(25-30-18)16-6-8-17(24)9-7-16/h3,5-9,12-13H,2,4,10-11,14-15H2,1H3/t23-/m0/s1. The first-order chi connectivity index (χ1) is 15.0. The van der Waals surface area contributed by atoms with Gasteiger partial charge in [-0.3, -0.25) is 9.59 Å². The highest BCUT2D eigenvalue weighted by Gasteiger charge is 2.46. The van der Waals surface area contributed by atoms with E-state index >= 15 is 0 Å². The summed E-state index contributed by atoms with van der Waals surface area (Å²) in [6, 6.07) is 11.4. The molecule has 0 aliphatic carbocycles. The predicted molar refractivity (Wildman–Crippen MR) is 114 cm³/mol. The molecule has 1 aromatic carbocycles. The number of carbonyl (C=O) groups excluding carboxylic acids is 2. The second-order valence-electron chi connectivity index (χ2n) is 7.67. The quantitative estimate of drug-likeness (QED) is 0.523. The maximum Gasteiger partial charge on any atom is 0.314 e. The molecule has 2 aromatic heterocycles. The van der Waals surface area contributed by atoms with E-state index < -0.39 is 5.41 Å². The molecule has 0 bridgehead atoms. The van der Waals surface area contributed by atoms with Crippen molar-refractivity contribution in [1.82, 2.24) is 10.1 Å². The predicted octanol–water partition coefficient (Wildman–Crippen LogP) is 4.57. The first-order valence-electron chi connectivity index (χ1n) is 10.2. The summed E-state index contributed by atoms with van der Waals surface area (Å²) in [4.78, 5) is 28.3. The van der Waals surface area contributed by atoms with Gasteiger partial charge in [0.15, 0.2) is 0 Å². The molecule has 1 atom stereocenters. The van der Waals surface area contributed by atoms with Gasteiger partial charge in [0.1, 0.15) is 17.3 Å². The molecule has 0 spiro atoms. The molecule has 1 fully saturated rings. The minimum atomic E-state index is -0.902. The lowest BCUT2D eigenvalue weighted by atomic mass is 9.76. The Kier molecular flexibility index (Phi) is 6.18. The average Bonchev–Trinajstić information content (AvgIpc) is 3.47. The third-order valence-electron chi connectivity index (χ3n) is 5.52. The highest BCUT2D eigenvalue weighted by atomic mass is 32.1. The molecule has 1 saturated heterocycles. The van der Waals surface area contributed by atoms with Crippen LogP contribution in [0.15, 0.2) is 52.4 Å². The number of halogens is 1. The molecule has 0 unspecified atom stereocenters. The Balaban J connectivity index is 1.58. The van der Waals surface area contributed by atoms with Crippen LogP contribution in [-0.4, -0.2) is 41.6 Å². The van der Waals surface area contributed by atoms with Gasteiger partial charge in [-0.15, -0.1) is 11.3 Å². The molecular weight excluding hydrogens is 419 g/mol. The van der Waals surface area contributed by atoms with E-state index in [1.54, 1.807) is 36.1 Å². The van der Waals surface area contributed by atoms with Crippen LogP contribution in [0.5, 0.6) is 0 Å². The summed E-state index contributed by atoms with van der Waals surface area (Å²) in [5, 5.41) is 5.95. The smallest absolute Gasteiger partial charge is 0.314 e. The number of esters is 1. The van der Waals surface area contributed by atoms with Crippen LogP contribution in [0.2, 0.25) is 0 Å². The summed E-state index contributed by atoms with van der Waals surface area (Å²) in [6.07, 6.45) is 1.55. The maximum absolute atomic E-state index is 13.2. The first-order valence-corrected chi connectivity index (χ1v) is 11.1. The summed E-state index contributed by atoms with van der Waals surface area (Å²) >= 11 is 1.39. The first kappa shape index (κ1) is 21.2. The monoisotopic (exact) mass is 442 g/mol. The normalized spacial score (nSPS) is 18.7. The SMILES string of the molecule is CCOC(=O)[C@]1(Cc2cc(-c3ccc(F)cc3)no2)CCCN(C(=O)c2cccs2)C1. The number of nitrogens with zero attached hydrogens (tertiary/aromatic N) is 2. The van der Waals surface area contributed by atoms with E-state index in [2.05, 4.69) is 5.16 Å². The van der Waals surface area contributed by atoms with Crippen molar-refractivity contribution < 1.29 is 23.2 Å². The number of hydrogen-bond acceptors (Lipinski definition) is 6. The molecule has 4 rings (SSSR count). The Morgan fingerprint density at radius 1 is 1.29 bits per heavy atom. The lowest BCUT2D eigenvalue weighted by Gasteiger charge is -2.40. The summed E-state index contributed by atoms with van der Waals surface area (Å²) in [5.41, 5.74) is 0.386. The topological polar surface area (TPSA) is 72.6 Å². The highest BCUT2D eigenvalue weighted by molar-refractivity contribution is 7.12. The molecule has 0 radical (unpaired) electrons. The van der Waals surface area contributed by atoms with Crippen LogP contribution < -0.4 is 0 Å².